The summed E-state index contributed by atoms with van der Waals surface area (Å²) in [7, 11) is 1.12. The van der Waals surface area contributed by atoms with Gasteiger partial charge in [0.1, 0.15) is 0 Å². The van der Waals surface area contributed by atoms with Crippen molar-refractivity contribution in [2.24, 2.45) is 5.92 Å². The molecule has 0 radical (unpaired) electrons. The van der Waals surface area contributed by atoms with Crippen LogP contribution in [-0.4, -0.2) is 42.5 Å². The van der Waals surface area contributed by atoms with E-state index in [0.29, 0.717) is 0 Å². The zero-order valence-corrected chi connectivity index (χ0v) is 11.2. The van der Waals surface area contributed by atoms with Crippen molar-refractivity contribution < 1.29 is 8.95 Å². The van der Waals surface area contributed by atoms with E-state index in [1.54, 1.807) is 7.11 Å². The summed E-state index contributed by atoms with van der Waals surface area (Å²) in [5, 5.41) is 3.28. The van der Waals surface area contributed by atoms with Crippen LogP contribution in [0.5, 0.6) is 0 Å². The molecule has 3 nitrogen and oxygen atoms in total. The number of rotatable bonds is 9. The highest BCUT2D eigenvalue weighted by Crippen LogP contribution is 2.25. The number of methoxy groups -OCH3 is 1. The molecule has 16 heavy (non-hydrogen) atoms. The number of hydrogen-bond acceptors (Lipinski definition) is 3. The lowest BCUT2D eigenvalue weighted by Gasteiger charge is -2.08. The van der Waals surface area contributed by atoms with Crippen molar-refractivity contribution in [2.45, 2.75) is 32.1 Å². The average molecular weight is 247 g/mol. The molecule has 1 atom stereocenters. The molecule has 0 bridgehead atoms. The molecule has 0 heterocycles. The summed E-state index contributed by atoms with van der Waals surface area (Å²) in [6.07, 6.45) is 6.32. The maximum Gasteiger partial charge on any atom is 0.0587 e. The van der Waals surface area contributed by atoms with Gasteiger partial charge in [0.05, 0.1) is 6.61 Å². The van der Waals surface area contributed by atoms with Crippen LogP contribution in [0.4, 0.5) is 0 Å². The van der Waals surface area contributed by atoms with Gasteiger partial charge in [-0.25, -0.2) is 0 Å². The molecule has 1 aliphatic carbocycles. The molecule has 4 heteroatoms. The summed E-state index contributed by atoms with van der Waals surface area (Å²) in [5.41, 5.74) is 0. The maximum atomic E-state index is 11.7. The zero-order valence-electron chi connectivity index (χ0n) is 10.4. The van der Waals surface area contributed by atoms with Crippen LogP contribution in [0.25, 0.3) is 0 Å². The van der Waals surface area contributed by atoms with Gasteiger partial charge in [-0.05, 0) is 31.7 Å². The van der Waals surface area contributed by atoms with Gasteiger partial charge in [-0.3, -0.25) is 4.21 Å². The molecule has 1 saturated carbocycles. The molecular weight excluding hydrogens is 222 g/mol. The molecule has 0 amide bonds. The fourth-order valence-corrected chi connectivity index (χ4v) is 3.67. The fourth-order valence-electron chi connectivity index (χ4n) is 2.18. The lowest BCUT2D eigenvalue weighted by molar-refractivity contribution is 0.199. The van der Waals surface area contributed by atoms with Gasteiger partial charge in [0, 0.05) is 36.0 Å². The van der Waals surface area contributed by atoms with Crippen LogP contribution in [0.15, 0.2) is 0 Å². The summed E-state index contributed by atoms with van der Waals surface area (Å²) in [6.45, 7) is 2.61. The van der Waals surface area contributed by atoms with E-state index in [2.05, 4.69) is 5.32 Å². The Bertz CT molecular complexity index is 193. The van der Waals surface area contributed by atoms with E-state index in [1.807, 2.05) is 0 Å². The monoisotopic (exact) mass is 247 g/mol. The van der Waals surface area contributed by atoms with E-state index in [9.17, 15) is 4.21 Å². The second-order valence-electron chi connectivity index (χ2n) is 4.56. The number of hydrogen-bond donors (Lipinski definition) is 1. The minimum Gasteiger partial charge on any atom is -0.383 e. The van der Waals surface area contributed by atoms with E-state index < -0.39 is 10.8 Å². The highest BCUT2D eigenvalue weighted by molar-refractivity contribution is 7.84. The van der Waals surface area contributed by atoms with Crippen LogP contribution in [0.2, 0.25) is 0 Å². The van der Waals surface area contributed by atoms with E-state index in [1.165, 1.54) is 25.7 Å². The van der Waals surface area contributed by atoms with Gasteiger partial charge in [-0.2, -0.15) is 0 Å². The summed E-state index contributed by atoms with van der Waals surface area (Å²) in [6, 6.07) is 0. The van der Waals surface area contributed by atoms with Crippen molar-refractivity contribution >= 4 is 10.8 Å². The van der Waals surface area contributed by atoms with Gasteiger partial charge in [0.2, 0.25) is 0 Å². The molecule has 0 aromatic heterocycles. The largest absolute Gasteiger partial charge is 0.383 e. The van der Waals surface area contributed by atoms with Crippen molar-refractivity contribution in [3.63, 3.8) is 0 Å². The lowest BCUT2D eigenvalue weighted by atomic mass is 10.1. The SMILES string of the molecule is COCCNCCCS(=O)CC1CCCC1. The van der Waals surface area contributed by atoms with Gasteiger partial charge in [0.25, 0.3) is 0 Å². The normalized spacial score (nSPS) is 19.1. The molecule has 1 fully saturated rings. The van der Waals surface area contributed by atoms with Crippen LogP contribution in [-0.2, 0) is 15.5 Å². The Morgan fingerprint density at radius 2 is 2.06 bits per heavy atom. The Hall–Kier alpha value is 0.0700. The predicted molar refractivity (Wildman–Crippen MR) is 69.2 cm³/mol. The van der Waals surface area contributed by atoms with Crippen molar-refractivity contribution in [1.82, 2.24) is 5.32 Å². The fraction of sp³-hybridized carbons (Fsp3) is 1.00. The van der Waals surface area contributed by atoms with Gasteiger partial charge in [-0.1, -0.05) is 12.8 Å². The molecule has 1 rings (SSSR count). The maximum absolute atomic E-state index is 11.7. The summed E-state index contributed by atoms with van der Waals surface area (Å²) >= 11 is 0. The first kappa shape index (κ1) is 14.1. The van der Waals surface area contributed by atoms with E-state index >= 15 is 0 Å². The minimum atomic E-state index is -0.588. The van der Waals surface area contributed by atoms with Gasteiger partial charge in [0.15, 0.2) is 0 Å². The van der Waals surface area contributed by atoms with Crippen LogP contribution in [0.3, 0.4) is 0 Å². The molecule has 0 aliphatic heterocycles. The van der Waals surface area contributed by atoms with Gasteiger partial charge in [-0.15, -0.1) is 0 Å². The van der Waals surface area contributed by atoms with E-state index in [0.717, 1.165) is 43.5 Å². The number of ether oxygens (including phenoxy) is 1. The van der Waals surface area contributed by atoms with Crippen LogP contribution in [0, 0.1) is 5.92 Å². The topological polar surface area (TPSA) is 38.3 Å². The third-order valence-corrected chi connectivity index (χ3v) is 4.69. The smallest absolute Gasteiger partial charge is 0.0587 e. The minimum absolute atomic E-state index is 0.588. The molecule has 0 spiro atoms. The van der Waals surface area contributed by atoms with Crippen molar-refractivity contribution in [3.05, 3.63) is 0 Å². The summed E-state index contributed by atoms with van der Waals surface area (Å²) in [4.78, 5) is 0. The first-order valence-electron chi connectivity index (χ1n) is 6.37. The quantitative estimate of drug-likeness (QED) is 0.628. The Labute approximate surface area is 102 Å². The van der Waals surface area contributed by atoms with Crippen molar-refractivity contribution in [3.8, 4) is 0 Å². The molecule has 96 valence electrons. The Kier molecular flexibility index (Phi) is 8.07. The van der Waals surface area contributed by atoms with Gasteiger partial charge >= 0.3 is 0 Å². The van der Waals surface area contributed by atoms with Crippen molar-refractivity contribution in [2.75, 3.05) is 38.3 Å². The predicted octanol–water partition coefficient (Wildman–Crippen LogP) is 1.55. The second-order valence-corrected chi connectivity index (χ2v) is 6.18. The molecule has 0 saturated heterocycles. The first-order valence-corrected chi connectivity index (χ1v) is 7.86. The molecule has 1 unspecified atom stereocenters. The van der Waals surface area contributed by atoms with Crippen LogP contribution < -0.4 is 5.32 Å². The van der Waals surface area contributed by atoms with E-state index in [-0.39, 0.29) is 0 Å². The lowest BCUT2D eigenvalue weighted by Crippen LogP contribution is -2.22. The molecule has 1 N–H and O–H groups in total. The second kappa shape index (κ2) is 9.14. The zero-order chi connectivity index (χ0) is 11.6. The van der Waals surface area contributed by atoms with Crippen molar-refractivity contribution in [1.29, 1.82) is 0 Å². The Morgan fingerprint density at radius 3 is 2.75 bits per heavy atom. The molecule has 1 aliphatic rings. The van der Waals surface area contributed by atoms with Crippen LogP contribution in [0.1, 0.15) is 32.1 Å². The van der Waals surface area contributed by atoms with Gasteiger partial charge < -0.3 is 10.1 Å². The summed E-state index contributed by atoms with van der Waals surface area (Å²) < 4.78 is 16.7. The molecule has 0 aromatic rings. The number of nitrogens with one attached hydrogen (secondary N) is 1. The van der Waals surface area contributed by atoms with Crippen LogP contribution >= 0.6 is 0 Å². The van der Waals surface area contributed by atoms with E-state index in [4.69, 9.17) is 4.74 Å². The third-order valence-electron chi connectivity index (χ3n) is 3.10. The summed E-state index contributed by atoms with van der Waals surface area (Å²) in [5.74, 6) is 2.55. The first-order chi connectivity index (χ1) is 7.83. The highest BCUT2D eigenvalue weighted by Gasteiger charge is 2.17. The molecular formula is C12H25NO2S. The average Bonchev–Trinajstić information content (AvgIpc) is 2.76. The standard InChI is InChI=1S/C12H25NO2S/c1-15-9-8-13-7-4-10-16(14)11-12-5-2-3-6-12/h12-13H,2-11H2,1H3. The Balaban J connectivity index is 1.89. The highest BCUT2D eigenvalue weighted by atomic mass is 32.2. The third kappa shape index (κ3) is 6.61. The Morgan fingerprint density at radius 1 is 1.31 bits per heavy atom. The molecule has 0 aromatic carbocycles.